The topological polar surface area (TPSA) is 12.0 Å². The number of hydrogen-bond donors (Lipinski definition) is 1. The quantitative estimate of drug-likeness (QED) is 0.676. The monoisotopic (exact) mass is 371 g/mol. The molecular weight excluding hydrogens is 357 g/mol. The third-order valence-electron chi connectivity index (χ3n) is 3.32. The van der Waals surface area contributed by atoms with Crippen molar-refractivity contribution >= 4 is 39.1 Å². The van der Waals surface area contributed by atoms with Crippen LogP contribution < -0.4 is 5.32 Å². The number of halogens is 3. The van der Waals surface area contributed by atoms with Crippen LogP contribution in [-0.2, 0) is 0 Å². The molecule has 0 bridgehead atoms. The normalized spacial score (nSPS) is 14.1. The molecule has 0 aromatic heterocycles. The first-order chi connectivity index (χ1) is 9.49. The summed E-state index contributed by atoms with van der Waals surface area (Å²) in [5.74, 6) is 0. The molecule has 2 unspecified atom stereocenters. The highest BCUT2D eigenvalue weighted by molar-refractivity contribution is 9.10. The zero-order valence-electron chi connectivity index (χ0n) is 11.3. The van der Waals surface area contributed by atoms with Crippen LogP contribution >= 0.6 is 39.1 Å². The molecule has 2 aromatic rings. The molecule has 0 saturated heterocycles. The summed E-state index contributed by atoms with van der Waals surface area (Å²) < 4.78 is 1.11. The summed E-state index contributed by atoms with van der Waals surface area (Å²) >= 11 is 15.6. The van der Waals surface area contributed by atoms with E-state index in [4.69, 9.17) is 23.2 Å². The molecule has 0 aliphatic rings. The van der Waals surface area contributed by atoms with Gasteiger partial charge in [0.2, 0.25) is 0 Å². The van der Waals surface area contributed by atoms with Crippen LogP contribution in [0.15, 0.2) is 46.9 Å². The van der Waals surface area contributed by atoms with Crippen molar-refractivity contribution in [2.24, 2.45) is 0 Å². The van der Waals surface area contributed by atoms with Crippen LogP contribution in [0.2, 0.25) is 10.0 Å². The maximum absolute atomic E-state index is 6.07. The van der Waals surface area contributed by atoms with E-state index in [-0.39, 0.29) is 12.1 Å². The van der Waals surface area contributed by atoms with Gasteiger partial charge in [-0.2, -0.15) is 0 Å². The molecule has 2 atom stereocenters. The Balaban J connectivity index is 2.13. The second kappa shape index (κ2) is 6.95. The van der Waals surface area contributed by atoms with Crippen LogP contribution in [0.1, 0.15) is 37.1 Å². The lowest BCUT2D eigenvalue weighted by atomic mass is 10.0. The molecular formula is C16H16BrCl2N. The Morgan fingerprint density at radius 2 is 1.65 bits per heavy atom. The molecule has 1 N–H and O–H groups in total. The largest absolute Gasteiger partial charge is 0.304 e. The zero-order chi connectivity index (χ0) is 14.7. The molecule has 0 spiro atoms. The minimum atomic E-state index is 0.187. The molecule has 0 aliphatic heterocycles. The fourth-order valence-corrected chi connectivity index (χ4v) is 3.10. The maximum Gasteiger partial charge on any atom is 0.0595 e. The minimum Gasteiger partial charge on any atom is -0.304 e. The fraction of sp³-hybridized carbons (Fsp3) is 0.250. The molecule has 0 saturated carbocycles. The second-order valence-corrected chi connectivity index (χ2v) is 6.47. The first-order valence-electron chi connectivity index (χ1n) is 6.44. The first kappa shape index (κ1) is 15.8. The van der Waals surface area contributed by atoms with Gasteiger partial charge in [0, 0.05) is 16.6 Å². The zero-order valence-corrected chi connectivity index (χ0v) is 14.4. The van der Waals surface area contributed by atoms with E-state index in [9.17, 15) is 0 Å². The van der Waals surface area contributed by atoms with Gasteiger partial charge in [0.05, 0.1) is 10.0 Å². The molecule has 4 heteroatoms. The van der Waals surface area contributed by atoms with E-state index in [1.165, 1.54) is 5.56 Å². The van der Waals surface area contributed by atoms with E-state index >= 15 is 0 Å². The highest BCUT2D eigenvalue weighted by atomic mass is 79.9. The van der Waals surface area contributed by atoms with Crippen molar-refractivity contribution in [2.45, 2.75) is 25.9 Å². The summed E-state index contributed by atoms with van der Waals surface area (Å²) in [6.07, 6.45) is 0. The van der Waals surface area contributed by atoms with Gasteiger partial charge in [-0.05, 0) is 43.2 Å². The van der Waals surface area contributed by atoms with Gasteiger partial charge in [-0.15, -0.1) is 0 Å². The summed E-state index contributed by atoms with van der Waals surface area (Å²) in [6, 6.07) is 14.4. The summed E-state index contributed by atoms with van der Waals surface area (Å²) in [5.41, 5.74) is 2.36. The number of benzene rings is 2. The van der Waals surface area contributed by atoms with Crippen molar-refractivity contribution in [2.75, 3.05) is 0 Å². The van der Waals surface area contributed by atoms with Gasteiger partial charge < -0.3 is 5.32 Å². The molecule has 106 valence electrons. The van der Waals surface area contributed by atoms with Crippen LogP contribution in [0.4, 0.5) is 0 Å². The Labute approximate surface area is 138 Å². The van der Waals surface area contributed by atoms with Gasteiger partial charge in [0.1, 0.15) is 0 Å². The number of rotatable bonds is 4. The Morgan fingerprint density at radius 1 is 0.950 bits per heavy atom. The predicted molar refractivity (Wildman–Crippen MR) is 90.6 cm³/mol. The van der Waals surface area contributed by atoms with Crippen molar-refractivity contribution in [3.05, 3.63) is 68.1 Å². The molecule has 20 heavy (non-hydrogen) atoms. The third-order valence-corrected chi connectivity index (χ3v) is 4.78. The Morgan fingerprint density at radius 3 is 2.30 bits per heavy atom. The summed E-state index contributed by atoms with van der Waals surface area (Å²) in [7, 11) is 0. The van der Waals surface area contributed by atoms with E-state index in [0.717, 1.165) is 10.0 Å². The molecule has 0 amide bonds. The fourth-order valence-electron chi connectivity index (χ4n) is 2.17. The minimum absolute atomic E-state index is 0.187. The standard InChI is InChI=1S/C16H16BrCl2N/c1-10(12-7-8-15(18)16(19)9-12)20-11(2)13-5-3-4-6-14(13)17/h3-11,20H,1-2H3. The SMILES string of the molecule is CC(NC(C)c1ccccc1Br)c1ccc(Cl)c(Cl)c1. The molecule has 0 radical (unpaired) electrons. The lowest BCUT2D eigenvalue weighted by Crippen LogP contribution is -2.22. The van der Waals surface area contributed by atoms with Crippen molar-refractivity contribution in [3.8, 4) is 0 Å². The smallest absolute Gasteiger partial charge is 0.0595 e. The van der Waals surface area contributed by atoms with Gasteiger partial charge in [0.25, 0.3) is 0 Å². The van der Waals surface area contributed by atoms with E-state index in [1.807, 2.05) is 30.3 Å². The van der Waals surface area contributed by atoms with Crippen molar-refractivity contribution in [1.82, 2.24) is 5.32 Å². The molecule has 0 aliphatic carbocycles. The average molecular weight is 373 g/mol. The van der Waals surface area contributed by atoms with E-state index in [0.29, 0.717) is 10.0 Å². The van der Waals surface area contributed by atoms with E-state index < -0.39 is 0 Å². The first-order valence-corrected chi connectivity index (χ1v) is 7.99. The molecule has 0 heterocycles. The van der Waals surface area contributed by atoms with Gasteiger partial charge in [-0.1, -0.05) is 63.4 Å². The van der Waals surface area contributed by atoms with Crippen LogP contribution in [0, 0.1) is 0 Å². The molecule has 1 nitrogen and oxygen atoms in total. The second-order valence-electron chi connectivity index (χ2n) is 4.81. The van der Waals surface area contributed by atoms with Crippen LogP contribution in [0.5, 0.6) is 0 Å². The Bertz CT molecular complexity index is 601. The van der Waals surface area contributed by atoms with Crippen LogP contribution in [-0.4, -0.2) is 0 Å². The van der Waals surface area contributed by atoms with Crippen LogP contribution in [0.25, 0.3) is 0 Å². The van der Waals surface area contributed by atoms with Crippen LogP contribution in [0.3, 0.4) is 0 Å². The Hall–Kier alpha value is -0.540. The molecule has 2 aromatic carbocycles. The average Bonchev–Trinajstić information content (AvgIpc) is 2.42. The van der Waals surface area contributed by atoms with Crippen molar-refractivity contribution in [3.63, 3.8) is 0 Å². The molecule has 0 fully saturated rings. The highest BCUT2D eigenvalue weighted by Gasteiger charge is 2.13. The summed E-state index contributed by atoms with van der Waals surface area (Å²) in [6.45, 7) is 4.26. The maximum atomic E-state index is 6.07. The third kappa shape index (κ3) is 3.76. The van der Waals surface area contributed by atoms with E-state index in [1.54, 1.807) is 0 Å². The van der Waals surface area contributed by atoms with Crippen molar-refractivity contribution < 1.29 is 0 Å². The number of hydrogen-bond acceptors (Lipinski definition) is 1. The lowest BCUT2D eigenvalue weighted by molar-refractivity contribution is 0.493. The number of nitrogens with one attached hydrogen (secondary N) is 1. The lowest BCUT2D eigenvalue weighted by Gasteiger charge is -2.22. The van der Waals surface area contributed by atoms with Gasteiger partial charge in [0.15, 0.2) is 0 Å². The summed E-state index contributed by atoms with van der Waals surface area (Å²) in [4.78, 5) is 0. The Kier molecular flexibility index (Phi) is 5.50. The molecule has 2 rings (SSSR count). The van der Waals surface area contributed by atoms with Crippen molar-refractivity contribution in [1.29, 1.82) is 0 Å². The summed E-state index contributed by atoms with van der Waals surface area (Å²) in [5, 5.41) is 4.74. The van der Waals surface area contributed by atoms with Gasteiger partial charge in [-0.25, -0.2) is 0 Å². The van der Waals surface area contributed by atoms with Gasteiger partial charge in [-0.3, -0.25) is 0 Å². The van der Waals surface area contributed by atoms with Gasteiger partial charge >= 0.3 is 0 Å². The highest BCUT2D eigenvalue weighted by Crippen LogP contribution is 2.28. The van der Waals surface area contributed by atoms with E-state index in [2.05, 4.69) is 47.2 Å². The predicted octanol–water partition coefficient (Wildman–Crippen LogP) is 6.17.